The fraction of sp³-hybridized carbons (Fsp3) is 0.500. The second-order valence-electron chi connectivity index (χ2n) is 3.77. The molecule has 0 amide bonds. The highest BCUT2D eigenvalue weighted by Crippen LogP contribution is 2.20. The van der Waals surface area contributed by atoms with Gasteiger partial charge in [-0.1, -0.05) is 31.9 Å². The van der Waals surface area contributed by atoms with E-state index in [1.807, 2.05) is 13.0 Å². The Bertz CT molecular complexity index is 302. The number of halogens is 2. The maximum atomic E-state index is 13.4. The lowest BCUT2D eigenvalue weighted by Crippen LogP contribution is -2.12. The van der Waals surface area contributed by atoms with Gasteiger partial charge >= 0.3 is 0 Å². The molecule has 0 unspecified atom stereocenters. The topological polar surface area (TPSA) is 26.0 Å². The molecule has 0 aromatic heterocycles. The average molecular weight is 232 g/mol. The van der Waals surface area contributed by atoms with E-state index in [2.05, 4.69) is 6.92 Å². The SMILES string of the molecule is CCCC[C@H](N)c1ccc(C)cc1F.Cl. The van der Waals surface area contributed by atoms with Crippen molar-refractivity contribution in [3.63, 3.8) is 0 Å². The van der Waals surface area contributed by atoms with Gasteiger partial charge in [-0.3, -0.25) is 0 Å². The maximum absolute atomic E-state index is 13.4. The van der Waals surface area contributed by atoms with Crippen LogP contribution >= 0.6 is 12.4 Å². The van der Waals surface area contributed by atoms with E-state index < -0.39 is 0 Å². The Kier molecular flexibility index (Phi) is 6.53. The average Bonchev–Trinajstić information content (AvgIpc) is 2.14. The zero-order chi connectivity index (χ0) is 10.6. The van der Waals surface area contributed by atoms with Crippen molar-refractivity contribution in [1.29, 1.82) is 0 Å². The summed E-state index contributed by atoms with van der Waals surface area (Å²) >= 11 is 0. The van der Waals surface area contributed by atoms with Gasteiger partial charge in [-0.2, -0.15) is 0 Å². The lowest BCUT2D eigenvalue weighted by molar-refractivity contribution is 0.547. The quantitative estimate of drug-likeness (QED) is 0.839. The van der Waals surface area contributed by atoms with Crippen molar-refractivity contribution < 1.29 is 4.39 Å². The van der Waals surface area contributed by atoms with Gasteiger partial charge in [-0.05, 0) is 25.0 Å². The molecule has 0 radical (unpaired) electrons. The smallest absolute Gasteiger partial charge is 0.128 e. The number of nitrogens with two attached hydrogens (primary N) is 1. The molecule has 86 valence electrons. The first kappa shape index (κ1) is 14.4. The fourth-order valence-electron chi connectivity index (χ4n) is 1.51. The largest absolute Gasteiger partial charge is 0.324 e. The molecule has 0 saturated heterocycles. The van der Waals surface area contributed by atoms with Gasteiger partial charge in [0, 0.05) is 11.6 Å². The van der Waals surface area contributed by atoms with Crippen molar-refractivity contribution in [2.45, 2.75) is 39.2 Å². The molecule has 0 aliphatic heterocycles. The van der Waals surface area contributed by atoms with Gasteiger partial charge in [0.1, 0.15) is 5.82 Å². The van der Waals surface area contributed by atoms with Gasteiger partial charge in [-0.15, -0.1) is 12.4 Å². The predicted molar refractivity (Wildman–Crippen MR) is 64.8 cm³/mol. The van der Waals surface area contributed by atoms with Crippen LogP contribution in [0.2, 0.25) is 0 Å². The summed E-state index contributed by atoms with van der Waals surface area (Å²) in [5, 5.41) is 0. The van der Waals surface area contributed by atoms with Crippen molar-refractivity contribution in [2.24, 2.45) is 5.73 Å². The van der Waals surface area contributed by atoms with Gasteiger partial charge in [0.2, 0.25) is 0 Å². The van der Waals surface area contributed by atoms with Gasteiger partial charge in [-0.25, -0.2) is 4.39 Å². The van der Waals surface area contributed by atoms with Crippen LogP contribution in [0.5, 0.6) is 0 Å². The van der Waals surface area contributed by atoms with Crippen LogP contribution < -0.4 is 5.73 Å². The molecule has 0 aliphatic rings. The Balaban J connectivity index is 0.00000196. The molecular weight excluding hydrogens is 213 g/mol. The number of unbranched alkanes of at least 4 members (excludes halogenated alkanes) is 1. The maximum Gasteiger partial charge on any atom is 0.128 e. The fourth-order valence-corrected chi connectivity index (χ4v) is 1.51. The molecule has 15 heavy (non-hydrogen) atoms. The molecule has 1 aromatic carbocycles. The summed E-state index contributed by atoms with van der Waals surface area (Å²) in [6, 6.07) is 5.09. The number of rotatable bonds is 4. The van der Waals surface area contributed by atoms with Crippen molar-refractivity contribution in [3.05, 3.63) is 35.1 Å². The van der Waals surface area contributed by atoms with Crippen molar-refractivity contribution in [1.82, 2.24) is 0 Å². The van der Waals surface area contributed by atoms with Gasteiger partial charge in [0.15, 0.2) is 0 Å². The summed E-state index contributed by atoms with van der Waals surface area (Å²) in [6.45, 7) is 3.99. The molecule has 1 aromatic rings. The van der Waals surface area contributed by atoms with Crippen molar-refractivity contribution in [2.75, 3.05) is 0 Å². The van der Waals surface area contributed by atoms with Gasteiger partial charge in [0.05, 0.1) is 0 Å². The number of benzene rings is 1. The van der Waals surface area contributed by atoms with Crippen LogP contribution in [0.4, 0.5) is 4.39 Å². The normalized spacial score (nSPS) is 12.0. The monoisotopic (exact) mass is 231 g/mol. The lowest BCUT2D eigenvalue weighted by Gasteiger charge is -2.12. The Morgan fingerprint density at radius 2 is 2.07 bits per heavy atom. The number of hydrogen-bond donors (Lipinski definition) is 1. The van der Waals surface area contributed by atoms with Gasteiger partial charge < -0.3 is 5.73 Å². The molecule has 0 saturated carbocycles. The number of aryl methyl sites for hydroxylation is 1. The molecule has 0 heterocycles. The highest BCUT2D eigenvalue weighted by Gasteiger charge is 2.10. The Morgan fingerprint density at radius 1 is 1.40 bits per heavy atom. The molecule has 0 spiro atoms. The zero-order valence-electron chi connectivity index (χ0n) is 9.29. The van der Waals surface area contributed by atoms with Crippen LogP contribution in [0, 0.1) is 12.7 Å². The molecule has 2 N–H and O–H groups in total. The van der Waals surface area contributed by atoms with E-state index in [-0.39, 0.29) is 24.3 Å². The summed E-state index contributed by atoms with van der Waals surface area (Å²) in [5.41, 5.74) is 7.47. The zero-order valence-corrected chi connectivity index (χ0v) is 10.1. The molecule has 1 nitrogen and oxygen atoms in total. The minimum Gasteiger partial charge on any atom is -0.324 e. The highest BCUT2D eigenvalue weighted by atomic mass is 35.5. The van der Waals surface area contributed by atoms with E-state index in [4.69, 9.17) is 5.73 Å². The summed E-state index contributed by atoms with van der Waals surface area (Å²) in [7, 11) is 0. The molecule has 0 aliphatic carbocycles. The second kappa shape index (κ2) is 6.81. The molecule has 3 heteroatoms. The third-order valence-corrected chi connectivity index (χ3v) is 2.42. The van der Waals surface area contributed by atoms with E-state index in [1.54, 1.807) is 12.1 Å². The van der Waals surface area contributed by atoms with Crippen LogP contribution in [0.1, 0.15) is 43.4 Å². The third kappa shape index (κ3) is 4.18. The molecule has 1 rings (SSSR count). The molecule has 0 bridgehead atoms. The van der Waals surface area contributed by atoms with Crippen LogP contribution in [0.15, 0.2) is 18.2 Å². The second-order valence-corrected chi connectivity index (χ2v) is 3.77. The minimum absolute atomic E-state index is 0. The summed E-state index contributed by atoms with van der Waals surface area (Å²) < 4.78 is 13.4. The van der Waals surface area contributed by atoms with Crippen LogP contribution in [0.25, 0.3) is 0 Å². The van der Waals surface area contributed by atoms with Crippen molar-refractivity contribution in [3.8, 4) is 0 Å². The predicted octanol–water partition coefficient (Wildman–Crippen LogP) is 3.75. The third-order valence-electron chi connectivity index (χ3n) is 2.42. The van der Waals surface area contributed by atoms with E-state index in [1.165, 1.54) is 0 Å². The minimum atomic E-state index is -0.173. The molecule has 1 atom stereocenters. The van der Waals surface area contributed by atoms with E-state index in [0.29, 0.717) is 5.56 Å². The summed E-state index contributed by atoms with van der Waals surface area (Å²) in [4.78, 5) is 0. The summed E-state index contributed by atoms with van der Waals surface area (Å²) in [6.07, 6.45) is 3.01. The highest BCUT2D eigenvalue weighted by molar-refractivity contribution is 5.85. The van der Waals surface area contributed by atoms with E-state index in [0.717, 1.165) is 24.8 Å². The van der Waals surface area contributed by atoms with Crippen LogP contribution in [-0.2, 0) is 0 Å². The first-order valence-electron chi connectivity index (χ1n) is 5.16. The molecular formula is C12H19ClFN. The number of hydrogen-bond acceptors (Lipinski definition) is 1. The Morgan fingerprint density at radius 3 is 2.60 bits per heavy atom. The molecule has 0 fully saturated rings. The lowest BCUT2D eigenvalue weighted by atomic mass is 10.0. The summed E-state index contributed by atoms with van der Waals surface area (Å²) in [5.74, 6) is -0.173. The first-order valence-corrected chi connectivity index (χ1v) is 5.16. The Labute approximate surface area is 97.3 Å². The Hall–Kier alpha value is -0.600. The first-order chi connectivity index (χ1) is 6.65. The van der Waals surface area contributed by atoms with Crippen molar-refractivity contribution >= 4 is 12.4 Å². The van der Waals surface area contributed by atoms with E-state index >= 15 is 0 Å². The van der Waals surface area contributed by atoms with Gasteiger partial charge in [0.25, 0.3) is 0 Å². The standard InChI is InChI=1S/C12H18FN.ClH/c1-3-4-5-12(14)10-7-6-9(2)8-11(10)13;/h6-8,12H,3-5,14H2,1-2H3;1H/t12-;/m0./s1. The van der Waals surface area contributed by atoms with Crippen LogP contribution in [0.3, 0.4) is 0 Å². The van der Waals surface area contributed by atoms with E-state index in [9.17, 15) is 4.39 Å². The van der Waals surface area contributed by atoms with Crippen LogP contribution in [-0.4, -0.2) is 0 Å².